The highest BCUT2D eigenvalue weighted by atomic mass is 16.2. The number of nitrogens with zero attached hydrogens (tertiary/aromatic N) is 1. The van der Waals surface area contributed by atoms with Crippen LogP contribution in [0.1, 0.15) is 33.5 Å². The minimum absolute atomic E-state index is 0.00389. The molecule has 2 aromatic rings. The summed E-state index contributed by atoms with van der Waals surface area (Å²) in [6.45, 7) is 3.32. The third-order valence-electron chi connectivity index (χ3n) is 2.49. The summed E-state index contributed by atoms with van der Waals surface area (Å²) in [5, 5.41) is 9.28. The molecule has 5 nitrogen and oxygen atoms in total. The molecule has 0 spiro atoms. The Morgan fingerprint density at radius 1 is 1.22 bits per heavy atom. The molecule has 0 aliphatic rings. The summed E-state index contributed by atoms with van der Waals surface area (Å²) in [5.41, 5.74) is 2.41. The molecule has 0 radical (unpaired) electrons. The zero-order chi connectivity index (χ0) is 13.1. The molecule has 1 heterocycles. The summed E-state index contributed by atoms with van der Waals surface area (Å²) in [4.78, 5) is 22.9. The van der Waals surface area contributed by atoms with Crippen LogP contribution in [-0.4, -0.2) is 21.9 Å². The van der Waals surface area contributed by atoms with Crippen molar-refractivity contribution in [2.75, 3.05) is 5.32 Å². The van der Waals surface area contributed by atoms with Gasteiger partial charge in [-0.1, -0.05) is 0 Å². The maximum absolute atomic E-state index is 11.8. The van der Waals surface area contributed by atoms with E-state index in [9.17, 15) is 9.59 Å². The van der Waals surface area contributed by atoms with Crippen LogP contribution in [0.2, 0.25) is 0 Å². The second kappa shape index (κ2) is 4.83. The van der Waals surface area contributed by atoms with E-state index in [0.29, 0.717) is 16.9 Å². The first kappa shape index (κ1) is 12.0. The maximum atomic E-state index is 11.8. The minimum Gasteiger partial charge on any atom is -0.321 e. The third kappa shape index (κ3) is 2.63. The molecule has 0 saturated heterocycles. The molecular formula is C13H13N3O2. The van der Waals surface area contributed by atoms with E-state index in [1.165, 1.54) is 6.92 Å². The van der Waals surface area contributed by atoms with Crippen molar-refractivity contribution >= 4 is 17.4 Å². The molecule has 0 bridgehead atoms. The minimum atomic E-state index is -0.282. The zero-order valence-electron chi connectivity index (χ0n) is 10.2. The van der Waals surface area contributed by atoms with Gasteiger partial charge in [0.2, 0.25) is 0 Å². The SMILES string of the molecule is CC(=O)c1ccc(NC(=O)c2cc(C)[nH]n2)cc1. The lowest BCUT2D eigenvalue weighted by molar-refractivity contribution is 0.101. The van der Waals surface area contributed by atoms with Gasteiger partial charge in [0.15, 0.2) is 11.5 Å². The number of carbonyl (C=O) groups excluding carboxylic acids is 2. The topological polar surface area (TPSA) is 74.8 Å². The number of aromatic nitrogens is 2. The molecule has 2 rings (SSSR count). The van der Waals surface area contributed by atoms with Crippen molar-refractivity contribution in [2.45, 2.75) is 13.8 Å². The zero-order valence-corrected chi connectivity index (χ0v) is 10.2. The number of rotatable bonds is 3. The summed E-state index contributed by atoms with van der Waals surface area (Å²) in [6, 6.07) is 8.39. The number of hydrogen-bond acceptors (Lipinski definition) is 3. The molecule has 1 aromatic carbocycles. The van der Waals surface area contributed by atoms with Crippen molar-refractivity contribution in [1.82, 2.24) is 10.2 Å². The first-order valence-corrected chi connectivity index (χ1v) is 5.50. The largest absolute Gasteiger partial charge is 0.321 e. The first-order chi connectivity index (χ1) is 8.56. The van der Waals surface area contributed by atoms with Gasteiger partial charge in [-0.25, -0.2) is 0 Å². The fraction of sp³-hybridized carbons (Fsp3) is 0.154. The number of carbonyl (C=O) groups is 2. The van der Waals surface area contributed by atoms with Crippen molar-refractivity contribution in [2.24, 2.45) is 0 Å². The van der Waals surface area contributed by atoms with E-state index in [0.717, 1.165) is 5.69 Å². The average molecular weight is 243 g/mol. The molecule has 92 valence electrons. The lowest BCUT2D eigenvalue weighted by Crippen LogP contribution is -2.12. The van der Waals surface area contributed by atoms with E-state index in [4.69, 9.17) is 0 Å². The molecule has 0 unspecified atom stereocenters. The maximum Gasteiger partial charge on any atom is 0.276 e. The Hall–Kier alpha value is -2.43. The standard InChI is InChI=1S/C13H13N3O2/c1-8-7-12(16-15-8)13(18)14-11-5-3-10(4-6-11)9(2)17/h3-7H,1-2H3,(H,14,18)(H,15,16). The van der Waals surface area contributed by atoms with Crippen LogP contribution in [0.15, 0.2) is 30.3 Å². The predicted molar refractivity (Wildman–Crippen MR) is 67.7 cm³/mol. The van der Waals surface area contributed by atoms with E-state index < -0.39 is 0 Å². The van der Waals surface area contributed by atoms with Gasteiger partial charge in [0.1, 0.15) is 0 Å². The Labute approximate surface area is 104 Å². The van der Waals surface area contributed by atoms with Crippen molar-refractivity contribution in [1.29, 1.82) is 0 Å². The van der Waals surface area contributed by atoms with Crippen LogP contribution in [0.3, 0.4) is 0 Å². The Balaban J connectivity index is 2.10. The van der Waals surface area contributed by atoms with E-state index in [2.05, 4.69) is 15.5 Å². The van der Waals surface area contributed by atoms with Crippen molar-refractivity contribution in [3.05, 3.63) is 47.3 Å². The molecule has 0 saturated carbocycles. The lowest BCUT2D eigenvalue weighted by atomic mass is 10.1. The van der Waals surface area contributed by atoms with Gasteiger partial charge in [-0.05, 0) is 44.2 Å². The van der Waals surface area contributed by atoms with Crippen LogP contribution >= 0.6 is 0 Å². The van der Waals surface area contributed by atoms with Gasteiger partial charge in [0.05, 0.1) is 0 Å². The molecule has 0 atom stereocenters. The smallest absolute Gasteiger partial charge is 0.276 e. The highest BCUT2D eigenvalue weighted by Gasteiger charge is 2.09. The number of anilines is 1. The fourth-order valence-corrected chi connectivity index (χ4v) is 1.52. The molecule has 1 aromatic heterocycles. The van der Waals surface area contributed by atoms with Gasteiger partial charge in [-0.3, -0.25) is 14.7 Å². The normalized spacial score (nSPS) is 10.1. The molecule has 0 aliphatic heterocycles. The predicted octanol–water partition coefficient (Wildman–Crippen LogP) is 2.17. The Bertz CT molecular complexity index is 585. The molecule has 0 fully saturated rings. The number of amides is 1. The first-order valence-electron chi connectivity index (χ1n) is 5.50. The molecule has 18 heavy (non-hydrogen) atoms. The Kier molecular flexibility index (Phi) is 3.23. The van der Waals surface area contributed by atoms with Crippen LogP contribution in [0, 0.1) is 6.92 Å². The summed E-state index contributed by atoms with van der Waals surface area (Å²) in [5.74, 6) is -0.286. The molecule has 1 amide bonds. The quantitative estimate of drug-likeness (QED) is 0.811. The van der Waals surface area contributed by atoms with Gasteiger partial charge in [0, 0.05) is 16.9 Å². The number of ketones is 1. The van der Waals surface area contributed by atoms with Crippen molar-refractivity contribution in [3.63, 3.8) is 0 Å². The molecule has 2 N–H and O–H groups in total. The number of H-pyrrole nitrogens is 1. The summed E-state index contributed by atoms with van der Waals surface area (Å²) < 4.78 is 0. The Morgan fingerprint density at radius 2 is 1.89 bits per heavy atom. The fourth-order valence-electron chi connectivity index (χ4n) is 1.52. The highest BCUT2D eigenvalue weighted by molar-refractivity contribution is 6.03. The third-order valence-corrected chi connectivity index (χ3v) is 2.49. The van der Waals surface area contributed by atoms with Gasteiger partial charge in [-0.2, -0.15) is 5.10 Å². The van der Waals surface area contributed by atoms with Crippen LogP contribution in [0.5, 0.6) is 0 Å². The number of benzene rings is 1. The molecular weight excluding hydrogens is 230 g/mol. The Morgan fingerprint density at radius 3 is 2.39 bits per heavy atom. The van der Waals surface area contributed by atoms with Gasteiger partial charge >= 0.3 is 0 Å². The highest BCUT2D eigenvalue weighted by Crippen LogP contribution is 2.11. The van der Waals surface area contributed by atoms with Crippen LogP contribution in [0.25, 0.3) is 0 Å². The second-order valence-corrected chi connectivity index (χ2v) is 4.02. The number of hydrogen-bond donors (Lipinski definition) is 2. The lowest BCUT2D eigenvalue weighted by Gasteiger charge is -2.03. The van der Waals surface area contributed by atoms with E-state index in [1.54, 1.807) is 30.3 Å². The monoisotopic (exact) mass is 243 g/mol. The van der Waals surface area contributed by atoms with E-state index in [-0.39, 0.29) is 11.7 Å². The molecule has 5 heteroatoms. The van der Waals surface area contributed by atoms with Crippen LogP contribution < -0.4 is 5.32 Å². The summed E-state index contributed by atoms with van der Waals surface area (Å²) in [7, 11) is 0. The van der Waals surface area contributed by atoms with E-state index >= 15 is 0 Å². The second-order valence-electron chi connectivity index (χ2n) is 4.02. The van der Waals surface area contributed by atoms with Crippen molar-refractivity contribution < 1.29 is 9.59 Å². The number of Topliss-reactive ketones (excluding diaryl/α,β-unsaturated/α-hetero) is 1. The summed E-state index contributed by atoms with van der Waals surface area (Å²) >= 11 is 0. The molecule has 0 aliphatic carbocycles. The number of aromatic amines is 1. The number of aryl methyl sites for hydroxylation is 1. The van der Waals surface area contributed by atoms with E-state index in [1.807, 2.05) is 6.92 Å². The number of nitrogens with one attached hydrogen (secondary N) is 2. The average Bonchev–Trinajstić information content (AvgIpc) is 2.76. The van der Waals surface area contributed by atoms with Gasteiger partial charge in [-0.15, -0.1) is 0 Å². The van der Waals surface area contributed by atoms with Crippen LogP contribution in [-0.2, 0) is 0 Å². The van der Waals surface area contributed by atoms with Crippen LogP contribution in [0.4, 0.5) is 5.69 Å². The van der Waals surface area contributed by atoms with Gasteiger partial charge < -0.3 is 5.32 Å². The van der Waals surface area contributed by atoms with Crippen molar-refractivity contribution in [3.8, 4) is 0 Å². The summed E-state index contributed by atoms with van der Waals surface area (Å²) in [6.07, 6.45) is 0. The van der Waals surface area contributed by atoms with Gasteiger partial charge in [0.25, 0.3) is 5.91 Å².